The number of hydrogen-bond donors (Lipinski definition) is 2. The molecule has 0 saturated carbocycles. The minimum Gasteiger partial charge on any atom is -0.350 e. The van der Waals surface area contributed by atoms with Crippen LogP contribution in [0.4, 0.5) is 30.6 Å². The molecule has 0 saturated heterocycles. The molecule has 1 unspecified atom stereocenters. The number of rotatable bonds is 6. The number of amides is 1. The molecular formula is C22H25F3N8O. The second-order valence-electron chi connectivity index (χ2n) is 8.57. The van der Waals surface area contributed by atoms with Crippen LogP contribution in [0.15, 0.2) is 30.7 Å². The van der Waals surface area contributed by atoms with E-state index in [1.165, 1.54) is 12.3 Å². The first-order chi connectivity index (χ1) is 16.0. The van der Waals surface area contributed by atoms with Crippen LogP contribution in [0, 0.1) is 12.8 Å². The molecule has 3 aromatic rings. The Bertz CT molecular complexity index is 1190. The van der Waals surface area contributed by atoms with Crippen molar-refractivity contribution in [2.24, 2.45) is 5.92 Å². The standard InChI is InChI=1S/C22H25F3N8O/c1-12(2)18-20(34)30-17-13(3)29-21(31-19(17)32(18)4)27-8-15-9-28-33(11-15)10-14-5-6-16(26-7-14)22(23,24)25/h5-7,9,11-12,18H,8,10H2,1-4H3,(H,30,34)(H,27,29,31). The van der Waals surface area contributed by atoms with Crippen molar-refractivity contribution in [2.75, 3.05) is 22.6 Å². The maximum absolute atomic E-state index is 12.7. The van der Waals surface area contributed by atoms with Crippen LogP contribution in [0.25, 0.3) is 0 Å². The molecule has 0 aromatic carbocycles. The smallest absolute Gasteiger partial charge is 0.350 e. The van der Waals surface area contributed by atoms with Crippen LogP contribution in [0.5, 0.6) is 0 Å². The third-order valence-corrected chi connectivity index (χ3v) is 5.57. The van der Waals surface area contributed by atoms with Crippen molar-refractivity contribution in [1.29, 1.82) is 0 Å². The molecule has 34 heavy (non-hydrogen) atoms. The summed E-state index contributed by atoms with van der Waals surface area (Å²) in [4.78, 5) is 26.9. The first-order valence-electron chi connectivity index (χ1n) is 10.7. The van der Waals surface area contributed by atoms with Gasteiger partial charge in [-0.2, -0.15) is 23.3 Å². The summed E-state index contributed by atoms with van der Waals surface area (Å²) in [6, 6.07) is 2.02. The first kappa shape index (κ1) is 23.5. The summed E-state index contributed by atoms with van der Waals surface area (Å²) in [5, 5.41) is 10.4. The summed E-state index contributed by atoms with van der Waals surface area (Å²) in [6.45, 7) is 6.47. The number of alkyl halides is 3. The van der Waals surface area contributed by atoms with Crippen LogP contribution in [-0.2, 0) is 24.1 Å². The lowest BCUT2D eigenvalue weighted by atomic mass is 9.99. The topological polar surface area (TPSA) is 101 Å². The molecule has 1 amide bonds. The lowest BCUT2D eigenvalue weighted by Crippen LogP contribution is -2.49. The van der Waals surface area contributed by atoms with Crippen molar-refractivity contribution >= 4 is 23.4 Å². The number of aromatic nitrogens is 5. The number of anilines is 3. The van der Waals surface area contributed by atoms with Crippen LogP contribution in [0.3, 0.4) is 0 Å². The third-order valence-electron chi connectivity index (χ3n) is 5.57. The molecule has 9 nitrogen and oxygen atoms in total. The molecule has 3 aromatic heterocycles. The Hall–Kier alpha value is -3.70. The van der Waals surface area contributed by atoms with E-state index < -0.39 is 11.9 Å². The predicted octanol–water partition coefficient (Wildman–Crippen LogP) is 3.47. The number of nitrogens with zero attached hydrogens (tertiary/aromatic N) is 6. The van der Waals surface area contributed by atoms with E-state index in [0.29, 0.717) is 41.8 Å². The van der Waals surface area contributed by atoms with Gasteiger partial charge in [0, 0.05) is 31.5 Å². The molecule has 12 heteroatoms. The third kappa shape index (κ3) is 4.80. The van der Waals surface area contributed by atoms with E-state index in [0.717, 1.165) is 11.6 Å². The maximum Gasteiger partial charge on any atom is 0.433 e. The zero-order valence-corrected chi connectivity index (χ0v) is 19.2. The van der Waals surface area contributed by atoms with Gasteiger partial charge >= 0.3 is 6.18 Å². The van der Waals surface area contributed by atoms with E-state index >= 15 is 0 Å². The minimum absolute atomic E-state index is 0.0759. The number of pyridine rings is 1. The van der Waals surface area contributed by atoms with Gasteiger partial charge in [0.2, 0.25) is 11.9 Å². The molecule has 0 aliphatic carbocycles. The fourth-order valence-electron chi connectivity index (χ4n) is 3.93. The Morgan fingerprint density at radius 3 is 2.59 bits per heavy atom. The normalized spacial score (nSPS) is 15.9. The summed E-state index contributed by atoms with van der Waals surface area (Å²) < 4.78 is 39.6. The van der Waals surface area contributed by atoms with Gasteiger partial charge in [-0.05, 0) is 24.5 Å². The molecule has 180 valence electrons. The van der Waals surface area contributed by atoms with Gasteiger partial charge in [-0.1, -0.05) is 19.9 Å². The van der Waals surface area contributed by atoms with E-state index in [2.05, 4.69) is 30.7 Å². The Balaban J connectivity index is 1.43. The molecule has 0 spiro atoms. The average Bonchev–Trinajstić information content (AvgIpc) is 3.20. The zero-order valence-electron chi connectivity index (χ0n) is 19.2. The number of carbonyl (C=O) groups excluding carboxylic acids is 1. The van der Waals surface area contributed by atoms with E-state index in [1.807, 2.05) is 32.7 Å². The van der Waals surface area contributed by atoms with E-state index in [9.17, 15) is 18.0 Å². The highest BCUT2D eigenvalue weighted by Gasteiger charge is 2.35. The van der Waals surface area contributed by atoms with Gasteiger partial charge < -0.3 is 15.5 Å². The number of fused-ring (bicyclic) bond motifs is 1. The van der Waals surface area contributed by atoms with E-state index in [1.54, 1.807) is 17.1 Å². The van der Waals surface area contributed by atoms with Gasteiger partial charge in [-0.25, -0.2) is 4.98 Å². The van der Waals surface area contributed by atoms with Gasteiger partial charge in [-0.3, -0.25) is 14.5 Å². The molecule has 0 radical (unpaired) electrons. The number of halogens is 3. The van der Waals surface area contributed by atoms with Gasteiger partial charge in [0.05, 0.1) is 18.4 Å². The summed E-state index contributed by atoms with van der Waals surface area (Å²) in [7, 11) is 1.85. The molecule has 4 heterocycles. The lowest BCUT2D eigenvalue weighted by Gasteiger charge is -2.36. The molecule has 1 aliphatic rings. The fraction of sp³-hybridized carbons (Fsp3) is 0.409. The van der Waals surface area contributed by atoms with Gasteiger partial charge in [-0.15, -0.1) is 0 Å². The zero-order chi connectivity index (χ0) is 24.6. The Kier molecular flexibility index (Phi) is 6.15. The highest BCUT2D eigenvalue weighted by Crippen LogP contribution is 2.34. The van der Waals surface area contributed by atoms with Crippen molar-refractivity contribution in [3.63, 3.8) is 0 Å². The van der Waals surface area contributed by atoms with Crippen molar-refractivity contribution in [3.8, 4) is 0 Å². The van der Waals surface area contributed by atoms with Crippen LogP contribution < -0.4 is 15.5 Å². The van der Waals surface area contributed by atoms with Gasteiger partial charge in [0.1, 0.15) is 17.4 Å². The molecule has 2 N–H and O–H groups in total. The molecule has 0 fully saturated rings. The number of hydrogen-bond acceptors (Lipinski definition) is 7. The highest BCUT2D eigenvalue weighted by molar-refractivity contribution is 6.03. The Morgan fingerprint density at radius 2 is 1.94 bits per heavy atom. The van der Waals surface area contributed by atoms with Crippen LogP contribution in [0.1, 0.15) is 36.4 Å². The summed E-state index contributed by atoms with van der Waals surface area (Å²) in [5.74, 6) is 1.10. The van der Waals surface area contributed by atoms with Gasteiger partial charge in [0.15, 0.2) is 5.82 Å². The summed E-state index contributed by atoms with van der Waals surface area (Å²) in [6.07, 6.45) is 0.191. The van der Waals surface area contributed by atoms with Crippen molar-refractivity contribution in [1.82, 2.24) is 24.7 Å². The highest BCUT2D eigenvalue weighted by atomic mass is 19.4. The fourth-order valence-corrected chi connectivity index (χ4v) is 3.93. The van der Waals surface area contributed by atoms with E-state index in [4.69, 9.17) is 0 Å². The number of aryl methyl sites for hydroxylation is 1. The van der Waals surface area contributed by atoms with E-state index in [-0.39, 0.29) is 17.9 Å². The second kappa shape index (κ2) is 8.92. The SMILES string of the molecule is Cc1nc(NCc2cnn(Cc3ccc(C(F)(F)F)nc3)c2)nc2c1NC(=O)C(C(C)C)N2C. The van der Waals surface area contributed by atoms with Crippen LogP contribution in [0.2, 0.25) is 0 Å². The summed E-state index contributed by atoms with van der Waals surface area (Å²) >= 11 is 0. The lowest BCUT2D eigenvalue weighted by molar-refractivity contribution is -0.141. The van der Waals surface area contributed by atoms with Crippen molar-refractivity contribution < 1.29 is 18.0 Å². The largest absolute Gasteiger partial charge is 0.433 e. The Labute approximate surface area is 194 Å². The van der Waals surface area contributed by atoms with Crippen molar-refractivity contribution in [3.05, 3.63) is 53.2 Å². The predicted molar refractivity (Wildman–Crippen MR) is 120 cm³/mol. The quantitative estimate of drug-likeness (QED) is 0.564. The Morgan fingerprint density at radius 1 is 1.18 bits per heavy atom. The number of nitrogens with one attached hydrogen (secondary N) is 2. The van der Waals surface area contributed by atoms with Gasteiger partial charge in [0.25, 0.3) is 0 Å². The molecule has 1 aliphatic heterocycles. The first-order valence-corrected chi connectivity index (χ1v) is 10.7. The molecule has 1 atom stereocenters. The molecular weight excluding hydrogens is 449 g/mol. The van der Waals surface area contributed by atoms with Crippen LogP contribution in [-0.4, -0.2) is 43.7 Å². The number of likely N-dealkylation sites (N-methyl/N-ethyl adjacent to an activating group) is 1. The molecule has 4 rings (SSSR count). The van der Waals surface area contributed by atoms with Crippen LogP contribution >= 0.6 is 0 Å². The van der Waals surface area contributed by atoms with Crippen molar-refractivity contribution in [2.45, 2.75) is 46.1 Å². The number of carbonyl (C=O) groups is 1. The maximum atomic E-state index is 12.7. The summed E-state index contributed by atoms with van der Waals surface area (Å²) in [5.41, 5.74) is 1.79. The minimum atomic E-state index is -4.46. The second-order valence-corrected chi connectivity index (χ2v) is 8.57. The molecule has 0 bridgehead atoms. The monoisotopic (exact) mass is 474 g/mol. The average molecular weight is 474 g/mol.